The quantitative estimate of drug-likeness (QED) is 0.872. The van der Waals surface area contributed by atoms with E-state index >= 15 is 0 Å². The molecule has 0 saturated carbocycles. The highest BCUT2D eigenvalue weighted by Gasteiger charge is 2.29. The summed E-state index contributed by atoms with van der Waals surface area (Å²) in [5, 5.41) is 0. The molecule has 2 aromatic carbocycles. The number of hydrogen-bond donors (Lipinski definition) is 0. The van der Waals surface area contributed by atoms with E-state index in [-0.39, 0.29) is 0 Å². The van der Waals surface area contributed by atoms with Gasteiger partial charge in [-0.15, -0.1) is 0 Å². The molecular formula is C16H17NO3S. The molecule has 0 spiro atoms. The number of benzene rings is 2. The predicted octanol–water partition coefficient (Wildman–Crippen LogP) is 2.76. The van der Waals surface area contributed by atoms with E-state index in [0.29, 0.717) is 18.0 Å². The van der Waals surface area contributed by atoms with Gasteiger partial charge in [-0.3, -0.25) is 0 Å². The third-order valence-corrected chi connectivity index (χ3v) is 5.64. The molecule has 5 heteroatoms. The van der Waals surface area contributed by atoms with Crippen LogP contribution in [0.5, 0.6) is 5.75 Å². The zero-order chi connectivity index (χ0) is 14.9. The fraction of sp³-hybridized carbons (Fsp3) is 0.250. The van der Waals surface area contributed by atoms with Gasteiger partial charge in [0.2, 0.25) is 10.0 Å². The van der Waals surface area contributed by atoms with Crippen LogP contribution in [0.4, 0.5) is 0 Å². The Hall–Kier alpha value is -1.85. The predicted molar refractivity (Wildman–Crippen MR) is 81.8 cm³/mol. The van der Waals surface area contributed by atoms with E-state index in [1.807, 2.05) is 36.4 Å². The first kappa shape index (κ1) is 14.1. The molecular weight excluding hydrogens is 286 g/mol. The van der Waals surface area contributed by atoms with Gasteiger partial charge in [0.1, 0.15) is 5.75 Å². The van der Waals surface area contributed by atoms with Crippen LogP contribution in [0.1, 0.15) is 6.42 Å². The molecule has 1 aliphatic heterocycles. The van der Waals surface area contributed by atoms with E-state index in [9.17, 15) is 8.42 Å². The fourth-order valence-electron chi connectivity index (χ4n) is 2.37. The SMILES string of the molecule is COc1ccccc1-c1ccc(S(=O)(=O)N2CCC2)cc1. The summed E-state index contributed by atoms with van der Waals surface area (Å²) in [4.78, 5) is 0.348. The Balaban J connectivity index is 1.94. The lowest BCUT2D eigenvalue weighted by molar-refractivity contribution is 0.309. The van der Waals surface area contributed by atoms with Crippen molar-refractivity contribution in [3.05, 3.63) is 48.5 Å². The van der Waals surface area contributed by atoms with Crippen molar-refractivity contribution in [1.29, 1.82) is 0 Å². The molecule has 3 rings (SSSR count). The van der Waals surface area contributed by atoms with Crippen LogP contribution >= 0.6 is 0 Å². The van der Waals surface area contributed by atoms with Crippen LogP contribution in [-0.4, -0.2) is 32.9 Å². The number of nitrogens with zero attached hydrogens (tertiary/aromatic N) is 1. The van der Waals surface area contributed by atoms with Gasteiger partial charge in [-0.05, 0) is 30.2 Å². The van der Waals surface area contributed by atoms with Gasteiger partial charge in [-0.2, -0.15) is 4.31 Å². The van der Waals surface area contributed by atoms with Crippen molar-refractivity contribution in [1.82, 2.24) is 4.31 Å². The highest BCUT2D eigenvalue weighted by molar-refractivity contribution is 7.89. The summed E-state index contributed by atoms with van der Waals surface area (Å²) < 4.78 is 31.4. The van der Waals surface area contributed by atoms with E-state index in [1.54, 1.807) is 19.2 Å². The van der Waals surface area contributed by atoms with Gasteiger partial charge in [0, 0.05) is 18.7 Å². The molecule has 0 radical (unpaired) electrons. The number of para-hydroxylation sites is 1. The highest BCUT2D eigenvalue weighted by Crippen LogP contribution is 2.31. The van der Waals surface area contributed by atoms with Gasteiger partial charge in [-0.25, -0.2) is 8.42 Å². The molecule has 110 valence electrons. The van der Waals surface area contributed by atoms with E-state index in [0.717, 1.165) is 23.3 Å². The van der Waals surface area contributed by atoms with Crippen LogP contribution in [0.25, 0.3) is 11.1 Å². The van der Waals surface area contributed by atoms with Crippen LogP contribution in [0.3, 0.4) is 0 Å². The first-order valence-electron chi connectivity index (χ1n) is 6.86. The lowest BCUT2D eigenvalue weighted by atomic mass is 10.1. The van der Waals surface area contributed by atoms with E-state index in [1.165, 1.54) is 4.31 Å². The van der Waals surface area contributed by atoms with Gasteiger partial charge >= 0.3 is 0 Å². The monoisotopic (exact) mass is 303 g/mol. The molecule has 0 aliphatic carbocycles. The summed E-state index contributed by atoms with van der Waals surface area (Å²) >= 11 is 0. The minimum absolute atomic E-state index is 0.348. The molecule has 0 N–H and O–H groups in total. The Bertz CT molecular complexity index is 734. The van der Waals surface area contributed by atoms with Crippen molar-refractivity contribution in [2.24, 2.45) is 0 Å². The van der Waals surface area contributed by atoms with Crippen molar-refractivity contribution in [3.63, 3.8) is 0 Å². The maximum atomic E-state index is 12.3. The number of rotatable bonds is 4. The zero-order valence-corrected chi connectivity index (χ0v) is 12.6. The first-order chi connectivity index (χ1) is 10.1. The number of ether oxygens (including phenoxy) is 1. The first-order valence-corrected chi connectivity index (χ1v) is 8.30. The molecule has 0 amide bonds. The van der Waals surface area contributed by atoms with Crippen LogP contribution in [0.2, 0.25) is 0 Å². The minimum Gasteiger partial charge on any atom is -0.496 e. The molecule has 1 fully saturated rings. The molecule has 4 nitrogen and oxygen atoms in total. The van der Waals surface area contributed by atoms with Crippen LogP contribution in [0, 0.1) is 0 Å². The number of methoxy groups -OCH3 is 1. The fourth-order valence-corrected chi connectivity index (χ4v) is 3.88. The Labute approximate surface area is 125 Å². The molecule has 2 aromatic rings. The third-order valence-electron chi connectivity index (χ3n) is 3.73. The Morgan fingerprint density at radius 2 is 1.67 bits per heavy atom. The summed E-state index contributed by atoms with van der Waals surface area (Å²) in [5.74, 6) is 0.774. The van der Waals surface area contributed by atoms with Crippen LogP contribution < -0.4 is 4.74 Å². The second-order valence-electron chi connectivity index (χ2n) is 4.98. The van der Waals surface area contributed by atoms with Crippen LogP contribution in [-0.2, 0) is 10.0 Å². The lowest BCUT2D eigenvalue weighted by Gasteiger charge is -2.29. The Morgan fingerprint density at radius 1 is 1.00 bits per heavy atom. The second kappa shape index (κ2) is 5.50. The molecule has 1 heterocycles. The van der Waals surface area contributed by atoms with Gasteiger partial charge < -0.3 is 4.74 Å². The maximum Gasteiger partial charge on any atom is 0.243 e. The van der Waals surface area contributed by atoms with E-state index < -0.39 is 10.0 Å². The largest absolute Gasteiger partial charge is 0.496 e. The molecule has 1 aliphatic rings. The van der Waals surface area contributed by atoms with Gasteiger partial charge in [0.15, 0.2) is 0 Å². The zero-order valence-electron chi connectivity index (χ0n) is 11.8. The van der Waals surface area contributed by atoms with E-state index in [2.05, 4.69) is 0 Å². The number of hydrogen-bond acceptors (Lipinski definition) is 3. The molecule has 0 unspecified atom stereocenters. The van der Waals surface area contributed by atoms with Gasteiger partial charge in [0.25, 0.3) is 0 Å². The van der Waals surface area contributed by atoms with Gasteiger partial charge in [0.05, 0.1) is 12.0 Å². The normalized spacial score (nSPS) is 15.5. The summed E-state index contributed by atoms with van der Waals surface area (Å²) in [5.41, 5.74) is 1.89. The minimum atomic E-state index is -3.31. The average molecular weight is 303 g/mol. The summed E-state index contributed by atoms with van der Waals surface area (Å²) in [6.07, 6.45) is 0.943. The standard InChI is InChI=1S/C16H17NO3S/c1-20-16-6-3-2-5-15(16)13-7-9-14(10-8-13)21(18,19)17-11-4-12-17/h2-3,5-10H,4,11-12H2,1H3. The summed E-state index contributed by atoms with van der Waals surface area (Å²) in [7, 11) is -1.69. The molecule has 0 atom stereocenters. The maximum absolute atomic E-state index is 12.3. The molecule has 21 heavy (non-hydrogen) atoms. The molecule has 0 aromatic heterocycles. The second-order valence-corrected chi connectivity index (χ2v) is 6.92. The van der Waals surface area contributed by atoms with Crippen LogP contribution in [0.15, 0.2) is 53.4 Å². The van der Waals surface area contributed by atoms with Crippen molar-refractivity contribution < 1.29 is 13.2 Å². The third kappa shape index (κ3) is 2.54. The Morgan fingerprint density at radius 3 is 2.24 bits per heavy atom. The average Bonchev–Trinajstić information content (AvgIpc) is 2.45. The Kier molecular flexibility index (Phi) is 3.69. The smallest absolute Gasteiger partial charge is 0.243 e. The highest BCUT2D eigenvalue weighted by atomic mass is 32.2. The summed E-state index contributed by atoms with van der Waals surface area (Å²) in [6.45, 7) is 1.24. The molecule has 1 saturated heterocycles. The van der Waals surface area contributed by atoms with Crippen molar-refractivity contribution in [2.45, 2.75) is 11.3 Å². The van der Waals surface area contributed by atoms with Crippen molar-refractivity contribution in [2.75, 3.05) is 20.2 Å². The van der Waals surface area contributed by atoms with E-state index in [4.69, 9.17) is 4.74 Å². The number of sulfonamides is 1. The lowest BCUT2D eigenvalue weighted by Crippen LogP contribution is -2.41. The van der Waals surface area contributed by atoms with Gasteiger partial charge in [-0.1, -0.05) is 30.3 Å². The summed E-state index contributed by atoms with van der Waals surface area (Å²) in [6, 6.07) is 14.7. The van der Waals surface area contributed by atoms with Crippen molar-refractivity contribution >= 4 is 10.0 Å². The van der Waals surface area contributed by atoms with Crippen molar-refractivity contribution in [3.8, 4) is 16.9 Å². The molecule has 0 bridgehead atoms. The topological polar surface area (TPSA) is 46.6 Å².